The Hall–Kier alpha value is -2.28. The Labute approximate surface area is 149 Å². The van der Waals surface area contributed by atoms with Crippen molar-refractivity contribution in [2.24, 2.45) is 0 Å². The Kier molecular flexibility index (Phi) is 4.66. The van der Waals surface area contributed by atoms with Crippen molar-refractivity contribution in [3.05, 3.63) is 97.2 Å². The van der Waals surface area contributed by atoms with E-state index >= 15 is 0 Å². The molecule has 0 unspecified atom stereocenters. The van der Waals surface area contributed by atoms with E-state index in [0.29, 0.717) is 0 Å². The second-order valence-electron chi connectivity index (χ2n) is 5.15. The molecule has 0 spiro atoms. The molecule has 0 bridgehead atoms. The Morgan fingerprint density at radius 3 is 2.26 bits per heavy atom. The number of benzene rings is 3. The third-order valence-corrected chi connectivity index (χ3v) is 3.79. The minimum Gasteiger partial charge on any atom is -0.300 e. The summed E-state index contributed by atoms with van der Waals surface area (Å²) in [6, 6.07) is 32.1. The van der Waals surface area contributed by atoms with Gasteiger partial charge in [-0.1, -0.05) is 65.7 Å². The van der Waals surface area contributed by atoms with Crippen LogP contribution in [0.25, 0.3) is 27.7 Å². The monoisotopic (exact) mass is 473 g/mol. The topological polar surface area (TPSA) is 3.88 Å². The Balaban J connectivity index is 0.00000156. The van der Waals surface area contributed by atoms with Crippen LogP contribution in [0.15, 0.2) is 84.9 Å². The molecule has 0 aliphatic heterocycles. The third kappa shape index (κ3) is 2.96. The first-order chi connectivity index (χ1) is 10.9. The zero-order chi connectivity index (χ0) is 14.8. The van der Waals surface area contributed by atoms with Gasteiger partial charge in [0, 0.05) is 25.8 Å². The molecule has 1 aromatic heterocycles. The normalized spacial score (nSPS) is 10.3. The Morgan fingerprint density at radius 2 is 1.48 bits per heavy atom. The number of hydrogen-bond acceptors (Lipinski definition) is 0. The van der Waals surface area contributed by atoms with Crippen LogP contribution in [0.5, 0.6) is 0 Å². The van der Waals surface area contributed by atoms with E-state index in [1.54, 1.807) is 0 Å². The van der Waals surface area contributed by atoms with E-state index in [2.05, 4.69) is 71.4 Å². The van der Waals surface area contributed by atoms with Gasteiger partial charge < -0.3 is 4.57 Å². The number of hydrogen-bond donors (Lipinski definition) is 0. The molecule has 0 saturated heterocycles. The van der Waals surface area contributed by atoms with Gasteiger partial charge in [-0.2, -0.15) is 24.3 Å². The van der Waals surface area contributed by atoms with Crippen LogP contribution >= 0.6 is 0 Å². The number of para-hydroxylation sites is 2. The standard InChI is InChI=1S/C21H14N.Ir/c1-3-9-17(10-4-1)19-15-16-22(18-11-5-2-6-12-18)21-14-8-7-13-20(19)21;/h1-11,13-15H;/q-1;. The number of fused-ring (bicyclic) bond motifs is 1. The van der Waals surface area contributed by atoms with Crippen molar-refractivity contribution in [2.75, 3.05) is 0 Å². The number of nitrogens with zero attached hydrogens (tertiary/aromatic N) is 1. The second kappa shape index (κ2) is 6.87. The first-order valence-corrected chi connectivity index (χ1v) is 7.31. The van der Waals surface area contributed by atoms with Gasteiger partial charge in [-0.15, -0.1) is 6.07 Å². The van der Waals surface area contributed by atoms with Gasteiger partial charge in [-0.3, -0.25) is 0 Å². The second-order valence-corrected chi connectivity index (χ2v) is 5.15. The summed E-state index contributed by atoms with van der Waals surface area (Å²) in [4.78, 5) is 0. The minimum absolute atomic E-state index is 0. The molecule has 0 N–H and O–H groups in total. The van der Waals surface area contributed by atoms with Crippen LogP contribution in [0, 0.1) is 12.3 Å². The molecule has 3 aromatic carbocycles. The van der Waals surface area contributed by atoms with E-state index < -0.39 is 0 Å². The average molecular weight is 473 g/mol. The number of aromatic nitrogens is 1. The van der Waals surface area contributed by atoms with Crippen LogP contribution in [0.4, 0.5) is 0 Å². The number of rotatable bonds is 2. The summed E-state index contributed by atoms with van der Waals surface area (Å²) in [7, 11) is 0. The average Bonchev–Trinajstić information content (AvgIpc) is 2.62. The van der Waals surface area contributed by atoms with Crippen molar-refractivity contribution in [3.63, 3.8) is 0 Å². The van der Waals surface area contributed by atoms with Gasteiger partial charge in [0.1, 0.15) is 5.52 Å². The third-order valence-electron chi connectivity index (χ3n) is 3.79. The van der Waals surface area contributed by atoms with Crippen LogP contribution in [-0.2, 0) is 20.1 Å². The van der Waals surface area contributed by atoms with Crippen molar-refractivity contribution in [2.45, 2.75) is 0 Å². The van der Waals surface area contributed by atoms with Crippen LogP contribution < -0.4 is 4.57 Å². The van der Waals surface area contributed by atoms with Crippen molar-refractivity contribution in [1.82, 2.24) is 0 Å². The zero-order valence-electron chi connectivity index (χ0n) is 12.4. The fraction of sp³-hybridized carbons (Fsp3) is 0. The molecule has 1 radical (unpaired) electrons. The molecule has 2 heteroatoms. The molecule has 0 aliphatic carbocycles. The van der Waals surface area contributed by atoms with Gasteiger partial charge in [0.25, 0.3) is 0 Å². The van der Waals surface area contributed by atoms with E-state index in [-0.39, 0.29) is 20.1 Å². The molecule has 23 heavy (non-hydrogen) atoms. The molecule has 4 rings (SSSR count). The smallest absolute Gasteiger partial charge is 0.151 e. The van der Waals surface area contributed by atoms with Crippen molar-refractivity contribution < 1.29 is 24.7 Å². The molecule has 4 aromatic rings. The maximum Gasteiger partial charge on any atom is 0.151 e. The van der Waals surface area contributed by atoms with Gasteiger partial charge in [-0.25, -0.2) is 0 Å². The molecule has 0 aliphatic rings. The fourth-order valence-electron chi connectivity index (χ4n) is 2.75. The minimum atomic E-state index is 0. The first kappa shape index (κ1) is 15.6. The van der Waals surface area contributed by atoms with E-state index in [1.807, 2.05) is 30.3 Å². The van der Waals surface area contributed by atoms with Crippen molar-refractivity contribution in [1.29, 1.82) is 0 Å². The van der Waals surface area contributed by atoms with Gasteiger partial charge in [0.2, 0.25) is 0 Å². The van der Waals surface area contributed by atoms with Crippen LogP contribution in [0.1, 0.15) is 0 Å². The van der Waals surface area contributed by atoms with Crippen molar-refractivity contribution in [3.8, 4) is 16.8 Å². The van der Waals surface area contributed by atoms with Crippen LogP contribution in [0.2, 0.25) is 0 Å². The first-order valence-electron chi connectivity index (χ1n) is 7.31. The van der Waals surface area contributed by atoms with E-state index in [4.69, 9.17) is 0 Å². The number of pyridine rings is 1. The zero-order valence-corrected chi connectivity index (χ0v) is 14.8. The fourth-order valence-corrected chi connectivity index (χ4v) is 2.75. The molecule has 0 amide bonds. The molecule has 0 atom stereocenters. The summed E-state index contributed by atoms with van der Waals surface area (Å²) in [6.07, 6.45) is 3.38. The molecule has 1 nitrogen and oxygen atoms in total. The van der Waals surface area contributed by atoms with Crippen LogP contribution in [0.3, 0.4) is 0 Å². The molecule has 0 saturated carbocycles. The predicted molar refractivity (Wildman–Crippen MR) is 88.6 cm³/mol. The molecule has 1 heterocycles. The van der Waals surface area contributed by atoms with E-state index in [0.717, 1.165) is 11.2 Å². The molecule has 0 fully saturated rings. The maximum atomic E-state index is 3.38. The quantitative estimate of drug-likeness (QED) is 0.301. The van der Waals surface area contributed by atoms with Gasteiger partial charge in [-0.05, 0) is 11.5 Å². The van der Waals surface area contributed by atoms with E-state index in [9.17, 15) is 0 Å². The van der Waals surface area contributed by atoms with Gasteiger partial charge in [0.05, 0.1) is 0 Å². The summed E-state index contributed by atoms with van der Waals surface area (Å²) in [5.41, 5.74) is 4.53. The summed E-state index contributed by atoms with van der Waals surface area (Å²) in [6.45, 7) is 0. The Bertz CT molecular complexity index is 840. The SMILES string of the molecule is [Ir].[c-]1ccccc1-[n+]1[c-]cc(-c2ccccc2)c2ccccc21. The molecule has 113 valence electrons. The molecular formula is C21H14IrN-. The van der Waals surface area contributed by atoms with Gasteiger partial charge >= 0.3 is 0 Å². The molecular weight excluding hydrogens is 458 g/mol. The summed E-state index contributed by atoms with van der Waals surface area (Å²) < 4.78 is 2.06. The van der Waals surface area contributed by atoms with Gasteiger partial charge in [0.15, 0.2) is 6.20 Å². The van der Waals surface area contributed by atoms with Crippen LogP contribution in [-0.4, -0.2) is 0 Å². The summed E-state index contributed by atoms with van der Waals surface area (Å²) in [5.74, 6) is 0. The summed E-state index contributed by atoms with van der Waals surface area (Å²) >= 11 is 0. The van der Waals surface area contributed by atoms with E-state index in [1.165, 1.54) is 16.5 Å². The Morgan fingerprint density at radius 1 is 0.739 bits per heavy atom. The summed E-state index contributed by atoms with van der Waals surface area (Å²) in [5, 5.41) is 1.21. The maximum absolute atomic E-state index is 3.38. The predicted octanol–water partition coefficient (Wildman–Crippen LogP) is 4.38. The van der Waals surface area contributed by atoms with Crippen molar-refractivity contribution >= 4 is 10.9 Å². The largest absolute Gasteiger partial charge is 0.300 e.